The van der Waals surface area contributed by atoms with Gasteiger partial charge in [0, 0.05) is 31.3 Å². The predicted molar refractivity (Wildman–Crippen MR) is 77.5 cm³/mol. The highest BCUT2D eigenvalue weighted by molar-refractivity contribution is 9.10. The number of piperidine rings is 1. The molecular weight excluding hydrogens is 330 g/mol. The van der Waals surface area contributed by atoms with Crippen LogP contribution in [-0.2, 0) is 14.8 Å². The smallest absolute Gasteiger partial charge is 0.244 e. The van der Waals surface area contributed by atoms with E-state index in [-0.39, 0.29) is 0 Å². The maximum absolute atomic E-state index is 12.5. The molecule has 0 bridgehead atoms. The summed E-state index contributed by atoms with van der Waals surface area (Å²) >= 11 is 3.31. The normalized spacial score (nSPS) is 18.6. The fourth-order valence-electron chi connectivity index (χ4n) is 2.35. The van der Waals surface area contributed by atoms with Crippen molar-refractivity contribution in [1.82, 2.24) is 4.31 Å². The lowest BCUT2D eigenvalue weighted by Crippen LogP contribution is -2.39. The van der Waals surface area contributed by atoms with E-state index >= 15 is 0 Å². The van der Waals surface area contributed by atoms with E-state index in [4.69, 9.17) is 4.74 Å². The number of methoxy groups -OCH3 is 1. The fraction of sp³-hybridized carbons (Fsp3) is 0.538. The minimum absolute atomic E-state index is 0.347. The van der Waals surface area contributed by atoms with Crippen molar-refractivity contribution in [3.05, 3.63) is 28.7 Å². The van der Waals surface area contributed by atoms with E-state index in [0.29, 0.717) is 35.0 Å². The zero-order valence-electron chi connectivity index (χ0n) is 10.9. The van der Waals surface area contributed by atoms with E-state index in [1.807, 2.05) is 6.07 Å². The van der Waals surface area contributed by atoms with Crippen LogP contribution >= 0.6 is 15.9 Å². The maximum atomic E-state index is 12.5. The summed E-state index contributed by atoms with van der Waals surface area (Å²) in [6, 6.07) is 6.95. The van der Waals surface area contributed by atoms with Gasteiger partial charge in [0.15, 0.2) is 0 Å². The Kier molecular flexibility index (Phi) is 5.00. The van der Waals surface area contributed by atoms with Crippen molar-refractivity contribution in [3.63, 3.8) is 0 Å². The molecule has 0 amide bonds. The van der Waals surface area contributed by atoms with E-state index in [0.717, 1.165) is 12.8 Å². The number of hydrogen-bond acceptors (Lipinski definition) is 3. The molecule has 1 heterocycles. The van der Waals surface area contributed by atoms with E-state index in [1.54, 1.807) is 29.6 Å². The van der Waals surface area contributed by atoms with Crippen LogP contribution in [0.2, 0.25) is 0 Å². The SMILES string of the molecule is COCC1CCN(S(=O)(=O)c2ccccc2Br)CC1. The lowest BCUT2D eigenvalue weighted by molar-refractivity contribution is 0.121. The Bertz CT molecular complexity index is 524. The number of rotatable bonds is 4. The number of benzene rings is 1. The lowest BCUT2D eigenvalue weighted by atomic mass is 9.99. The van der Waals surface area contributed by atoms with Gasteiger partial charge in [0.25, 0.3) is 0 Å². The van der Waals surface area contributed by atoms with Gasteiger partial charge in [0.2, 0.25) is 10.0 Å². The van der Waals surface area contributed by atoms with Crippen LogP contribution in [0.15, 0.2) is 33.6 Å². The third-order valence-corrected chi connectivity index (χ3v) is 6.34. The van der Waals surface area contributed by atoms with E-state index in [9.17, 15) is 8.42 Å². The number of hydrogen-bond donors (Lipinski definition) is 0. The highest BCUT2D eigenvalue weighted by Crippen LogP contribution is 2.28. The van der Waals surface area contributed by atoms with Crippen LogP contribution in [0.3, 0.4) is 0 Å². The van der Waals surface area contributed by atoms with Gasteiger partial charge in [-0.3, -0.25) is 0 Å². The Morgan fingerprint density at radius 1 is 1.32 bits per heavy atom. The third-order valence-electron chi connectivity index (χ3n) is 3.43. The zero-order valence-corrected chi connectivity index (χ0v) is 13.3. The largest absolute Gasteiger partial charge is 0.384 e. The van der Waals surface area contributed by atoms with Gasteiger partial charge < -0.3 is 4.74 Å². The molecule has 0 aliphatic carbocycles. The lowest BCUT2D eigenvalue weighted by Gasteiger charge is -2.31. The average molecular weight is 348 g/mol. The zero-order chi connectivity index (χ0) is 13.9. The van der Waals surface area contributed by atoms with Gasteiger partial charge in [-0.2, -0.15) is 4.31 Å². The molecule has 1 aromatic rings. The Hall–Kier alpha value is -0.430. The average Bonchev–Trinajstić information content (AvgIpc) is 2.40. The van der Waals surface area contributed by atoms with Gasteiger partial charge in [-0.25, -0.2) is 8.42 Å². The molecule has 4 nitrogen and oxygen atoms in total. The van der Waals surface area contributed by atoms with Crippen LogP contribution in [0.5, 0.6) is 0 Å². The van der Waals surface area contributed by atoms with Crippen LogP contribution in [-0.4, -0.2) is 39.5 Å². The van der Waals surface area contributed by atoms with Gasteiger partial charge in [-0.15, -0.1) is 0 Å². The second-order valence-electron chi connectivity index (χ2n) is 4.73. The molecule has 1 fully saturated rings. The second-order valence-corrected chi connectivity index (χ2v) is 7.49. The van der Waals surface area contributed by atoms with Crippen molar-refractivity contribution in [2.24, 2.45) is 5.92 Å². The molecule has 0 atom stereocenters. The Morgan fingerprint density at radius 2 is 1.95 bits per heavy atom. The summed E-state index contributed by atoms with van der Waals surface area (Å²) < 4.78 is 32.4. The summed E-state index contributed by atoms with van der Waals surface area (Å²) in [5.74, 6) is 0.468. The minimum Gasteiger partial charge on any atom is -0.384 e. The molecule has 0 saturated carbocycles. The maximum Gasteiger partial charge on any atom is 0.244 e. The number of halogens is 1. The Labute approximate surface area is 122 Å². The van der Waals surface area contributed by atoms with Gasteiger partial charge in [-0.1, -0.05) is 12.1 Å². The van der Waals surface area contributed by atoms with Gasteiger partial charge in [0.1, 0.15) is 0 Å². The molecular formula is C13H18BrNO3S. The van der Waals surface area contributed by atoms with Crippen LogP contribution in [0.25, 0.3) is 0 Å². The molecule has 1 aromatic carbocycles. The molecule has 0 radical (unpaired) electrons. The molecule has 1 aliphatic heterocycles. The first-order valence-electron chi connectivity index (χ1n) is 6.29. The Balaban J connectivity index is 2.12. The van der Waals surface area contributed by atoms with Crippen LogP contribution in [0.1, 0.15) is 12.8 Å². The van der Waals surface area contributed by atoms with Crippen molar-refractivity contribution in [3.8, 4) is 0 Å². The summed E-state index contributed by atoms with van der Waals surface area (Å²) in [6.07, 6.45) is 1.72. The summed E-state index contributed by atoms with van der Waals surface area (Å²) in [5, 5.41) is 0. The molecule has 1 aliphatic rings. The summed E-state index contributed by atoms with van der Waals surface area (Å²) in [7, 11) is -1.70. The van der Waals surface area contributed by atoms with E-state index < -0.39 is 10.0 Å². The van der Waals surface area contributed by atoms with Gasteiger partial charge in [-0.05, 0) is 46.8 Å². The first-order valence-corrected chi connectivity index (χ1v) is 8.52. The number of nitrogens with zero attached hydrogens (tertiary/aromatic N) is 1. The first-order chi connectivity index (χ1) is 9.05. The van der Waals surface area contributed by atoms with Crippen molar-refractivity contribution in [1.29, 1.82) is 0 Å². The molecule has 2 rings (SSSR count). The molecule has 19 heavy (non-hydrogen) atoms. The van der Waals surface area contributed by atoms with Crippen molar-refractivity contribution < 1.29 is 13.2 Å². The van der Waals surface area contributed by atoms with Crippen molar-refractivity contribution >= 4 is 26.0 Å². The standard InChI is InChI=1S/C13H18BrNO3S/c1-18-10-11-6-8-15(9-7-11)19(16,17)13-5-3-2-4-12(13)14/h2-5,11H,6-10H2,1H3. The van der Waals surface area contributed by atoms with Crippen LogP contribution in [0, 0.1) is 5.92 Å². The highest BCUT2D eigenvalue weighted by atomic mass is 79.9. The summed E-state index contributed by atoms with van der Waals surface area (Å²) in [6.45, 7) is 1.85. The third kappa shape index (κ3) is 3.37. The van der Waals surface area contributed by atoms with Gasteiger partial charge >= 0.3 is 0 Å². The quantitative estimate of drug-likeness (QED) is 0.840. The first kappa shape index (κ1) is 15.0. The number of sulfonamides is 1. The highest BCUT2D eigenvalue weighted by Gasteiger charge is 2.30. The molecule has 0 spiro atoms. The van der Waals surface area contributed by atoms with Crippen LogP contribution < -0.4 is 0 Å². The van der Waals surface area contributed by atoms with E-state index in [2.05, 4.69) is 15.9 Å². The molecule has 0 N–H and O–H groups in total. The summed E-state index contributed by atoms with van der Waals surface area (Å²) in [4.78, 5) is 0.347. The summed E-state index contributed by atoms with van der Waals surface area (Å²) in [5.41, 5.74) is 0. The topological polar surface area (TPSA) is 46.6 Å². The molecule has 0 unspecified atom stereocenters. The monoisotopic (exact) mass is 347 g/mol. The molecule has 106 valence electrons. The molecule has 0 aromatic heterocycles. The van der Waals surface area contributed by atoms with Crippen molar-refractivity contribution in [2.75, 3.05) is 26.8 Å². The fourth-order valence-corrected chi connectivity index (χ4v) is 4.78. The number of ether oxygens (including phenoxy) is 1. The van der Waals surface area contributed by atoms with Crippen LogP contribution in [0.4, 0.5) is 0 Å². The van der Waals surface area contributed by atoms with Crippen molar-refractivity contribution in [2.45, 2.75) is 17.7 Å². The Morgan fingerprint density at radius 3 is 2.53 bits per heavy atom. The second kappa shape index (κ2) is 6.35. The van der Waals surface area contributed by atoms with Gasteiger partial charge in [0.05, 0.1) is 4.90 Å². The molecule has 6 heteroatoms. The minimum atomic E-state index is -3.39. The molecule has 1 saturated heterocycles. The van der Waals surface area contributed by atoms with E-state index in [1.165, 1.54) is 0 Å². The predicted octanol–water partition coefficient (Wildman–Crippen LogP) is 2.50.